The first-order chi connectivity index (χ1) is 12.4. The molecular formula is C18H14N2O6. The molecule has 0 radical (unpaired) electrons. The lowest BCUT2D eigenvalue weighted by Crippen LogP contribution is -2.21. The average Bonchev–Trinajstić information content (AvgIpc) is 2.62. The van der Waals surface area contributed by atoms with Crippen LogP contribution in [0.4, 0.5) is 11.4 Å². The second kappa shape index (κ2) is 6.67. The third-order valence-corrected chi connectivity index (χ3v) is 3.86. The fourth-order valence-electron chi connectivity index (χ4n) is 2.53. The number of nitro benzene ring substituents is 1. The zero-order valence-corrected chi connectivity index (χ0v) is 13.9. The van der Waals surface area contributed by atoms with Crippen LogP contribution in [0.1, 0.15) is 15.9 Å². The summed E-state index contributed by atoms with van der Waals surface area (Å²) in [7, 11) is 1.45. The minimum Gasteiger partial charge on any atom is -0.493 e. The minimum absolute atomic E-state index is 0.0854. The van der Waals surface area contributed by atoms with E-state index in [4.69, 9.17) is 9.15 Å². The minimum atomic E-state index is -0.806. The molecular weight excluding hydrogens is 340 g/mol. The molecule has 132 valence electrons. The van der Waals surface area contributed by atoms with Gasteiger partial charge in [0, 0.05) is 23.2 Å². The van der Waals surface area contributed by atoms with Crippen LogP contribution in [0.25, 0.3) is 11.0 Å². The van der Waals surface area contributed by atoms with E-state index in [9.17, 15) is 19.7 Å². The number of hydrogen-bond donors (Lipinski definition) is 1. The standard InChI is InChI=1S/C18H14N2O6/c1-10-8-12(20(23)24)6-7-14(10)19-17(21)13-9-11-4-3-5-15(25-2)16(11)26-18(13)22/h3-9H,1-2H3,(H,19,21). The van der Waals surface area contributed by atoms with E-state index < -0.39 is 16.5 Å². The van der Waals surface area contributed by atoms with Crippen molar-refractivity contribution in [2.75, 3.05) is 12.4 Å². The Bertz CT molecular complexity index is 1090. The molecule has 0 saturated carbocycles. The van der Waals surface area contributed by atoms with E-state index in [0.29, 0.717) is 22.4 Å². The predicted octanol–water partition coefficient (Wildman–Crippen LogP) is 3.27. The van der Waals surface area contributed by atoms with Crippen LogP contribution in [0.2, 0.25) is 0 Å². The van der Waals surface area contributed by atoms with Gasteiger partial charge in [-0.2, -0.15) is 0 Å². The molecule has 0 aliphatic heterocycles. The maximum Gasteiger partial charge on any atom is 0.349 e. The third-order valence-electron chi connectivity index (χ3n) is 3.86. The van der Waals surface area contributed by atoms with Gasteiger partial charge in [0.25, 0.3) is 11.6 Å². The molecule has 1 aromatic heterocycles. The number of para-hydroxylation sites is 1. The molecule has 0 atom stereocenters. The summed E-state index contributed by atoms with van der Waals surface area (Å²) < 4.78 is 10.4. The van der Waals surface area contributed by atoms with Crippen molar-refractivity contribution in [3.8, 4) is 5.75 Å². The lowest BCUT2D eigenvalue weighted by molar-refractivity contribution is -0.384. The highest BCUT2D eigenvalue weighted by atomic mass is 16.6. The normalized spacial score (nSPS) is 10.5. The number of anilines is 1. The Morgan fingerprint density at radius 3 is 2.65 bits per heavy atom. The number of aryl methyl sites for hydroxylation is 1. The van der Waals surface area contributed by atoms with E-state index in [1.54, 1.807) is 25.1 Å². The molecule has 1 amide bonds. The number of fused-ring (bicyclic) bond motifs is 1. The number of nitrogens with one attached hydrogen (secondary N) is 1. The Morgan fingerprint density at radius 1 is 1.23 bits per heavy atom. The number of rotatable bonds is 4. The summed E-state index contributed by atoms with van der Waals surface area (Å²) in [6, 6.07) is 10.5. The van der Waals surface area contributed by atoms with Gasteiger partial charge in [0.15, 0.2) is 11.3 Å². The topological polar surface area (TPSA) is 112 Å². The van der Waals surface area contributed by atoms with E-state index in [0.717, 1.165) is 0 Å². The van der Waals surface area contributed by atoms with Gasteiger partial charge in [-0.3, -0.25) is 14.9 Å². The Labute approximate surface area is 147 Å². The van der Waals surface area contributed by atoms with Gasteiger partial charge in [-0.05, 0) is 30.7 Å². The van der Waals surface area contributed by atoms with Gasteiger partial charge in [0.05, 0.1) is 12.0 Å². The highest BCUT2D eigenvalue weighted by Gasteiger charge is 2.17. The van der Waals surface area contributed by atoms with Crippen molar-refractivity contribution in [1.29, 1.82) is 0 Å². The number of amides is 1. The summed E-state index contributed by atoms with van der Waals surface area (Å²) in [6.07, 6.45) is 0. The van der Waals surface area contributed by atoms with E-state index >= 15 is 0 Å². The summed E-state index contributed by atoms with van der Waals surface area (Å²) in [6.45, 7) is 1.62. The van der Waals surface area contributed by atoms with Crippen molar-refractivity contribution < 1.29 is 18.9 Å². The van der Waals surface area contributed by atoms with Crippen molar-refractivity contribution in [3.05, 3.63) is 74.1 Å². The van der Waals surface area contributed by atoms with E-state index in [-0.39, 0.29) is 16.8 Å². The molecule has 1 heterocycles. The summed E-state index contributed by atoms with van der Waals surface area (Å²) in [4.78, 5) is 34.9. The highest BCUT2D eigenvalue weighted by Crippen LogP contribution is 2.25. The molecule has 1 N–H and O–H groups in total. The number of benzene rings is 2. The molecule has 0 bridgehead atoms. The van der Waals surface area contributed by atoms with Gasteiger partial charge in [0.2, 0.25) is 0 Å². The van der Waals surface area contributed by atoms with Crippen molar-refractivity contribution in [3.63, 3.8) is 0 Å². The Hall–Kier alpha value is -3.68. The Kier molecular flexibility index (Phi) is 4.40. The van der Waals surface area contributed by atoms with Crippen LogP contribution < -0.4 is 15.7 Å². The molecule has 26 heavy (non-hydrogen) atoms. The largest absolute Gasteiger partial charge is 0.493 e. The molecule has 0 spiro atoms. The zero-order chi connectivity index (χ0) is 18.8. The lowest BCUT2D eigenvalue weighted by Gasteiger charge is -2.09. The van der Waals surface area contributed by atoms with Gasteiger partial charge in [-0.15, -0.1) is 0 Å². The Morgan fingerprint density at radius 2 is 2.00 bits per heavy atom. The molecule has 0 saturated heterocycles. The van der Waals surface area contributed by atoms with E-state index in [1.165, 1.54) is 31.4 Å². The molecule has 0 aliphatic carbocycles. The molecule has 8 nitrogen and oxygen atoms in total. The molecule has 3 aromatic rings. The number of nitrogens with zero attached hydrogens (tertiary/aromatic N) is 1. The van der Waals surface area contributed by atoms with Crippen LogP contribution in [0.5, 0.6) is 5.75 Å². The quantitative estimate of drug-likeness (QED) is 0.437. The lowest BCUT2D eigenvalue weighted by atomic mass is 10.1. The summed E-state index contributed by atoms with van der Waals surface area (Å²) >= 11 is 0. The SMILES string of the molecule is COc1cccc2cc(C(=O)Nc3ccc([N+](=O)[O-])cc3C)c(=O)oc12. The molecule has 0 unspecified atom stereocenters. The average molecular weight is 354 g/mol. The first-order valence-corrected chi connectivity index (χ1v) is 7.58. The number of ether oxygens (including phenoxy) is 1. The Balaban J connectivity index is 1.97. The number of carbonyl (C=O) groups excluding carboxylic acids is 1. The van der Waals surface area contributed by atoms with Crippen LogP contribution in [-0.4, -0.2) is 17.9 Å². The molecule has 3 rings (SSSR count). The number of non-ortho nitro benzene ring substituents is 1. The second-order valence-corrected chi connectivity index (χ2v) is 5.54. The van der Waals surface area contributed by atoms with Gasteiger partial charge >= 0.3 is 5.63 Å². The number of methoxy groups -OCH3 is 1. The highest BCUT2D eigenvalue weighted by molar-refractivity contribution is 6.06. The molecule has 2 aromatic carbocycles. The smallest absolute Gasteiger partial charge is 0.349 e. The van der Waals surface area contributed by atoms with Crippen LogP contribution in [0, 0.1) is 17.0 Å². The van der Waals surface area contributed by atoms with Gasteiger partial charge in [-0.1, -0.05) is 12.1 Å². The van der Waals surface area contributed by atoms with Crippen molar-refractivity contribution in [2.45, 2.75) is 6.92 Å². The second-order valence-electron chi connectivity index (χ2n) is 5.54. The molecule has 8 heteroatoms. The fraction of sp³-hybridized carbons (Fsp3) is 0.111. The van der Waals surface area contributed by atoms with Crippen molar-refractivity contribution in [2.24, 2.45) is 0 Å². The maximum atomic E-state index is 12.5. The first kappa shape index (κ1) is 17.2. The van der Waals surface area contributed by atoms with Gasteiger partial charge < -0.3 is 14.5 Å². The number of nitro groups is 1. The van der Waals surface area contributed by atoms with Crippen LogP contribution >= 0.6 is 0 Å². The number of carbonyl (C=O) groups is 1. The first-order valence-electron chi connectivity index (χ1n) is 7.58. The third kappa shape index (κ3) is 3.12. The monoisotopic (exact) mass is 354 g/mol. The van der Waals surface area contributed by atoms with Crippen molar-refractivity contribution in [1.82, 2.24) is 0 Å². The predicted molar refractivity (Wildman–Crippen MR) is 94.8 cm³/mol. The zero-order valence-electron chi connectivity index (χ0n) is 13.9. The number of hydrogen-bond acceptors (Lipinski definition) is 6. The van der Waals surface area contributed by atoms with Gasteiger partial charge in [0.1, 0.15) is 5.56 Å². The van der Waals surface area contributed by atoms with E-state index in [2.05, 4.69) is 5.32 Å². The molecule has 0 aliphatic rings. The van der Waals surface area contributed by atoms with Crippen LogP contribution in [0.15, 0.2) is 51.7 Å². The summed E-state index contributed by atoms with van der Waals surface area (Å²) in [5.74, 6) is -0.279. The summed E-state index contributed by atoms with van der Waals surface area (Å²) in [5, 5.41) is 13.9. The summed E-state index contributed by atoms with van der Waals surface area (Å²) in [5.41, 5.74) is 0.0496. The fourth-order valence-corrected chi connectivity index (χ4v) is 2.53. The van der Waals surface area contributed by atoms with E-state index in [1.807, 2.05) is 0 Å². The maximum absolute atomic E-state index is 12.5. The molecule has 0 fully saturated rings. The van der Waals surface area contributed by atoms with Crippen LogP contribution in [0.3, 0.4) is 0 Å². The van der Waals surface area contributed by atoms with Crippen LogP contribution in [-0.2, 0) is 0 Å². The van der Waals surface area contributed by atoms with Gasteiger partial charge in [-0.25, -0.2) is 4.79 Å². The van der Waals surface area contributed by atoms with Crippen molar-refractivity contribution >= 4 is 28.3 Å².